The third-order valence-electron chi connectivity index (χ3n) is 13.1. The first-order valence-electron chi connectivity index (χ1n) is 15.9. The molecule has 1 heterocycles. The van der Waals surface area contributed by atoms with Gasteiger partial charge in [0.15, 0.2) is 0 Å². The smallest absolute Gasteiger partial charge is 0.266 e. The normalized spacial score (nSPS) is 46.8. The maximum absolute atomic E-state index is 13.1. The SMILES string of the molecule is CCC1C(O)C2C3CCC(C(C)CCC(=O)N4CCCC4CS(=O)(=O)O)C3(C)CCC2C2(C)CCC(O)CC12. The highest BCUT2D eigenvalue weighted by Crippen LogP contribution is 2.69. The van der Waals surface area contributed by atoms with Gasteiger partial charge in [-0.1, -0.05) is 34.1 Å². The van der Waals surface area contributed by atoms with Crippen LogP contribution in [0.5, 0.6) is 0 Å². The van der Waals surface area contributed by atoms with Gasteiger partial charge in [-0.3, -0.25) is 9.35 Å². The molecule has 7 nitrogen and oxygen atoms in total. The number of hydrogen-bond acceptors (Lipinski definition) is 5. The molecule has 4 aliphatic carbocycles. The molecule has 0 bridgehead atoms. The van der Waals surface area contributed by atoms with Crippen LogP contribution in [0, 0.1) is 52.3 Å². The molecule has 8 heteroatoms. The van der Waals surface area contributed by atoms with E-state index >= 15 is 0 Å². The van der Waals surface area contributed by atoms with Crippen LogP contribution in [0.15, 0.2) is 0 Å². The first-order chi connectivity index (χ1) is 18.3. The molecule has 0 aromatic rings. The fourth-order valence-corrected chi connectivity index (χ4v) is 12.0. The summed E-state index contributed by atoms with van der Waals surface area (Å²) < 4.78 is 32.2. The number of likely N-dealkylation sites (tertiary alicyclic amines) is 1. The average molecular weight is 568 g/mol. The predicted molar refractivity (Wildman–Crippen MR) is 151 cm³/mol. The van der Waals surface area contributed by atoms with Crippen molar-refractivity contribution in [1.29, 1.82) is 0 Å². The van der Waals surface area contributed by atoms with Crippen molar-refractivity contribution in [3.63, 3.8) is 0 Å². The highest BCUT2D eigenvalue weighted by atomic mass is 32.2. The summed E-state index contributed by atoms with van der Waals surface area (Å²) in [6, 6.07) is -0.406. The molecular weight excluding hydrogens is 514 g/mol. The highest BCUT2D eigenvalue weighted by molar-refractivity contribution is 7.85. The second-order valence-electron chi connectivity index (χ2n) is 14.8. The van der Waals surface area contributed by atoms with Gasteiger partial charge in [0.25, 0.3) is 10.1 Å². The zero-order valence-electron chi connectivity index (χ0n) is 24.6. The Kier molecular flexibility index (Phi) is 8.29. The van der Waals surface area contributed by atoms with Gasteiger partial charge in [-0.25, -0.2) is 0 Å². The van der Waals surface area contributed by atoms with E-state index in [4.69, 9.17) is 0 Å². The maximum atomic E-state index is 13.1. The zero-order valence-corrected chi connectivity index (χ0v) is 25.4. The summed E-state index contributed by atoms with van der Waals surface area (Å²) in [5.74, 6) is 2.59. The van der Waals surface area contributed by atoms with E-state index in [2.05, 4.69) is 27.7 Å². The summed E-state index contributed by atoms with van der Waals surface area (Å²) in [6.45, 7) is 10.0. The molecule has 1 saturated heterocycles. The van der Waals surface area contributed by atoms with E-state index in [9.17, 15) is 28.0 Å². The summed E-state index contributed by atoms with van der Waals surface area (Å²) in [5.41, 5.74) is 0.372. The van der Waals surface area contributed by atoms with Crippen LogP contribution in [0.1, 0.15) is 105 Å². The number of aliphatic hydroxyl groups excluding tert-OH is 2. The molecule has 0 radical (unpaired) electrons. The van der Waals surface area contributed by atoms with Crippen LogP contribution in [-0.4, -0.2) is 64.5 Å². The molecule has 5 aliphatic rings. The third kappa shape index (κ3) is 5.23. The number of carbonyl (C=O) groups excluding carboxylic acids is 1. The van der Waals surface area contributed by atoms with E-state index < -0.39 is 16.2 Å². The molecule has 12 atom stereocenters. The van der Waals surface area contributed by atoms with Crippen molar-refractivity contribution >= 4 is 16.0 Å². The van der Waals surface area contributed by atoms with Crippen LogP contribution < -0.4 is 0 Å². The van der Waals surface area contributed by atoms with Crippen molar-refractivity contribution in [3.05, 3.63) is 0 Å². The van der Waals surface area contributed by atoms with E-state index in [1.54, 1.807) is 4.90 Å². The average Bonchev–Trinajstić information content (AvgIpc) is 3.46. The fourth-order valence-electron chi connectivity index (χ4n) is 11.2. The van der Waals surface area contributed by atoms with Gasteiger partial charge in [0.2, 0.25) is 5.91 Å². The minimum Gasteiger partial charge on any atom is -0.393 e. The zero-order chi connectivity index (χ0) is 28.3. The fraction of sp³-hybridized carbons (Fsp3) is 0.968. The monoisotopic (exact) mass is 567 g/mol. The van der Waals surface area contributed by atoms with Crippen LogP contribution in [0.4, 0.5) is 0 Å². The molecule has 12 unspecified atom stereocenters. The lowest BCUT2D eigenvalue weighted by molar-refractivity contribution is -0.203. The number of nitrogens with zero attached hydrogens (tertiary/aromatic N) is 1. The number of fused-ring (bicyclic) bond motifs is 5. The Bertz CT molecular complexity index is 1020. The second kappa shape index (κ2) is 10.9. The number of rotatable bonds is 7. The summed E-state index contributed by atoms with van der Waals surface area (Å²) in [5, 5.41) is 22.4. The first kappa shape index (κ1) is 29.8. The van der Waals surface area contributed by atoms with E-state index in [0.29, 0.717) is 54.9 Å². The molecule has 0 spiro atoms. The van der Waals surface area contributed by atoms with Gasteiger partial charge in [0, 0.05) is 19.0 Å². The third-order valence-corrected chi connectivity index (χ3v) is 13.9. The topological polar surface area (TPSA) is 115 Å². The van der Waals surface area contributed by atoms with E-state index in [1.807, 2.05) is 0 Å². The molecule has 0 aromatic carbocycles. The minimum atomic E-state index is -4.10. The second-order valence-corrected chi connectivity index (χ2v) is 16.3. The maximum Gasteiger partial charge on any atom is 0.266 e. The van der Waals surface area contributed by atoms with Gasteiger partial charge >= 0.3 is 0 Å². The minimum absolute atomic E-state index is 0.0170. The van der Waals surface area contributed by atoms with Crippen LogP contribution in [0.2, 0.25) is 0 Å². The van der Waals surface area contributed by atoms with Crippen LogP contribution in [0.25, 0.3) is 0 Å². The predicted octanol–water partition coefficient (Wildman–Crippen LogP) is 4.91. The Morgan fingerprint density at radius 2 is 1.69 bits per heavy atom. The molecule has 0 aromatic heterocycles. The first-order valence-corrected chi connectivity index (χ1v) is 17.5. The van der Waals surface area contributed by atoms with Crippen LogP contribution >= 0.6 is 0 Å². The summed E-state index contributed by atoms with van der Waals surface area (Å²) in [4.78, 5) is 14.8. The Balaban J connectivity index is 1.27. The molecule has 5 fully saturated rings. The molecule has 4 saturated carbocycles. The van der Waals surface area contributed by atoms with E-state index in [1.165, 1.54) is 6.42 Å². The lowest BCUT2D eigenvalue weighted by atomic mass is 9.41. The standard InChI is InChI=1S/C31H53NO6S/c1-5-22-26-17-21(33)12-14-31(26,4)25-13-15-30(3)23(9-10-24(30)28(25)29(22)35)19(2)8-11-27(34)32-16-6-7-20(32)18-39(36,37)38/h19-26,28-29,33,35H,5-18H2,1-4H3,(H,36,37,38). The summed E-state index contributed by atoms with van der Waals surface area (Å²) >= 11 is 0. The summed E-state index contributed by atoms with van der Waals surface area (Å²) in [7, 11) is -4.10. The lowest BCUT2D eigenvalue weighted by Crippen LogP contribution is -2.62. The molecule has 39 heavy (non-hydrogen) atoms. The largest absolute Gasteiger partial charge is 0.393 e. The van der Waals surface area contributed by atoms with Gasteiger partial charge in [-0.2, -0.15) is 8.42 Å². The Labute approximate surface area is 236 Å². The number of amides is 1. The van der Waals surface area contributed by atoms with Crippen molar-refractivity contribution in [2.75, 3.05) is 12.3 Å². The number of carbonyl (C=O) groups is 1. The lowest BCUT2D eigenvalue weighted by Gasteiger charge is -2.64. The Hall–Kier alpha value is -0.700. The quantitative estimate of drug-likeness (QED) is 0.377. The molecule has 3 N–H and O–H groups in total. The van der Waals surface area contributed by atoms with Crippen molar-refractivity contribution in [1.82, 2.24) is 4.90 Å². The van der Waals surface area contributed by atoms with Crippen molar-refractivity contribution in [2.45, 2.75) is 123 Å². The van der Waals surface area contributed by atoms with Gasteiger partial charge in [-0.05, 0) is 116 Å². The van der Waals surface area contributed by atoms with Crippen LogP contribution in [-0.2, 0) is 14.9 Å². The van der Waals surface area contributed by atoms with Crippen molar-refractivity contribution in [2.24, 2.45) is 52.3 Å². The van der Waals surface area contributed by atoms with Crippen molar-refractivity contribution in [3.8, 4) is 0 Å². The highest BCUT2D eigenvalue weighted by Gasteiger charge is 2.64. The molecule has 5 rings (SSSR count). The number of aliphatic hydroxyl groups is 2. The molecular formula is C31H53NO6S. The van der Waals surface area contributed by atoms with E-state index in [-0.39, 0.29) is 40.6 Å². The molecule has 1 aliphatic heterocycles. The van der Waals surface area contributed by atoms with Crippen molar-refractivity contribution < 1.29 is 28.0 Å². The van der Waals surface area contributed by atoms with Gasteiger partial charge in [-0.15, -0.1) is 0 Å². The molecule has 224 valence electrons. The Morgan fingerprint density at radius 1 is 1.00 bits per heavy atom. The van der Waals surface area contributed by atoms with E-state index in [0.717, 1.165) is 57.8 Å². The Morgan fingerprint density at radius 3 is 2.38 bits per heavy atom. The number of hydrogen-bond donors (Lipinski definition) is 3. The molecule has 1 amide bonds. The summed E-state index contributed by atoms with van der Waals surface area (Å²) in [6.07, 6.45) is 10.5. The van der Waals surface area contributed by atoms with Gasteiger partial charge in [0.05, 0.1) is 18.0 Å². The van der Waals surface area contributed by atoms with Gasteiger partial charge < -0.3 is 15.1 Å². The van der Waals surface area contributed by atoms with Crippen LogP contribution in [0.3, 0.4) is 0 Å². The van der Waals surface area contributed by atoms with Gasteiger partial charge in [0.1, 0.15) is 0 Å².